The van der Waals surface area contributed by atoms with E-state index in [0.717, 1.165) is 11.3 Å². The van der Waals surface area contributed by atoms with E-state index in [1.807, 2.05) is 13.0 Å². The molecule has 2 aromatic rings. The Morgan fingerprint density at radius 3 is 2.95 bits per heavy atom. The maximum atomic E-state index is 11.9. The fourth-order valence-corrected chi connectivity index (χ4v) is 1.97. The van der Waals surface area contributed by atoms with Crippen LogP contribution in [-0.2, 0) is 11.3 Å². The van der Waals surface area contributed by atoms with Crippen molar-refractivity contribution in [1.82, 2.24) is 4.57 Å². The number of carbonyl (C=O) groups excluding carboxylic acids is 1. The van der Waals surface area contributed by atoms with Crippen molar-refractivity contribution in [3.63, 3.8) is 0 Å². The highest BCUT2D eigenvalue weighted by atomic mass is 16.1. The van der Waals surface area contributed by atoms with Gasteiger partial charge < -0.3 is 15.6 Å². The van der Waals surface area contributed by atoms with Gasteiger partial charge in [-0.15, -0.1) is 0 Å². The number of carbonyl (C=O) groups is 1. The smallest absolute Gasteiger partial charge is 0.226 e. The Labute approximate surface area is 117 Å². The van der Waals surface area contributed by atoms with E-state index in [0.29, 0.717) is 24.3 Å². The molecule has 0 saturated carbocycles. The summed E-state index contributed by atoms with van der Waals surface area (Å²) < 4.78 is 1.76. The predicted octanol–water partition coefficient (Wildman–Crippen LogP) is 2.28. The summed E-state index contributed by atoms with van der Waals surface area (Å²) >= 11 is 0. The van der Waals surface area contributed by atoms with Gasteiger partial charge >= 0.3 is 0 Å². The summed E-state index contributed by atoms with van der Waals surface area (Å²) in [6.07, 6.45) is 2.10. The molecule has 0 atom stereocenters. The van der Waals surface area contributed by atoms with Gasteiger partial charge in [-0.2, -0.15) is 5.26 Å². The van der Waals surface area contributed by atoms with E-state index in [1.54, 1.807) is 35.0 Å². The highest BCUT2D eigenvalue weighted by molar-refractivity contribution is 5.91. The number of rotatable bonds is 4. The summed E-state index contributed by atoms with van der Waals surface area (Å²) in [6.45, 7) is 2.38. The molecular weight excluding hydrogens is 252 g/mol. The molecule has 1 aromatic heterocycles. The summed E-state index contributed by atoms with van der Waals surface area (Å²) in [5.74, 6) is -0.0875. The van der Waals surface area contributed by atoms with Gasteiger partial charge in [-0.1, -0.05) is 0 Å². The van der Waals surface area contributed by atoms with Gasteiger partial charge in [0.1, 0.15) is 11.8 Å². The second-order valence-electron chi connectivity index (χ2n) is 4.57. The van der Waals surface area contributed by atoms with Gasteiger partial charge in [0, 0.05) is 30.5 Å². The molecule has 2 rings (SSSR count). The number of nitrogens with zero attached hydrogens (tertiary/aromatic N) is 2. The van der Waals surface area contributed by atoms with E-state index < -0.39 is 0 Å². The van der Waals surface area contributed by atoms with Crippen LogP contribution < -0.4 is 11.1 Å². The highest BCUT2D eigenvalue weighted by Crippen LogP contribution is 2.17. The zero-order chi connectivity index (χ0) is 14.5. The predicted molar refractivity (Wildman–Crippen MR) is 78.0 cm³/mol. The van der Waals surface area contributed by atoms with Crippen molar-refractivity contribution in [3.8, 4) is 6.07 Å². The van der Waals surface area contributed by atoms with Crippen LogP contribution in [0.5, 0.6) is 0 Å². The lowest BCUT2D eigenvalue weighted by molar-refractivity contribution is -0.116. The first-order chi connectivity index (χ1) is 9.60. The van der Waals surface area contributed by atoms with Crippen LogP contribution in [0.15, 0.2) is 36.5 Å². The summed E-state index contributed by atoms with van der Waals surface area (Å²) in [4.78, 5) is 11.9. The van der Waals surface area contributed by atoms with Crippen molar-refractivity contribution >= 4 is 17.3 Å². The Morgan fingerprint density at radius 1 is 1.45 bits per heavy atom. The average molecular weight is 268 g/mol. The lowest BCUT2D eigenvalue weighted by atomic mass is 10.2. The second-order valence-corrected chi connectivity index (χ2v) is 4.57. The second kappa shape index (κ2) is 5.93. The Balaban J connectivity index is 1.95. The molecule has 1 heterocycles. The van der Waals surface area contributed by atoms with Crippen LogP contribution in [0, 0.1) is 18.3 Å². The van der Waals surface area contributed by atoms with E-state index in [1.165, 1.54) is 0 Å². The Hall–Kier alpha value is -2.74. The third-order valence-electron chi connectivity index (χ3n) is 3.05. The summed E-state index contributed by atoms with van der Waals surface area (Å²) in [5.41, 5.74) is 8.59. The van der Waals surface area contributed by atoms with Crippen LogP contribution in [0.1, 0.15) is 17.7 Å². The van der Waals surface area contributed by atoms with Crippen molar-refractivity contribution in [2.75, 3.05) is 11.1 Å². The Kier molecular flexibility index (Phi) is 4.06. The summed E-state index contributed by atoms with van der Waals surface area (Å²) in [6, 6.07) is 11.0. The molecule has 102 valence electrons. The molecule has 1 amide bonds. The molecule has 0 spiro atoms. The first-order valence-electron chi connectivity index (χ1n) is 6.31. The molecule has 0 unspecified atom stereocenters. The molecule has 20 heavy (non-hydrogen) atoms. The van der Waals surface area contributed by atoms with Gasteiger partial charge in [0.15, 0.2) is 0 Å². The van der Waals surface area contributed by atoms with Crippen LogP contribution >= 0.6 is 0 Å². The summed E-state index contributed by atoms with van der Waals surface area (Å²) in [5, 5.41) is 11.7. The number of nitrogen functional groups attached to an aromatic ring is 1. The number of hydrogen-bond donors (Lipinski definition) is 2. The van der Waals surface area contributed by atoms with Crippen LogP contribution in [0.4, 0.5) is 11.4 Å². The van der Waals surface area contributed by atoms with Crippen LogP contribution in [0.3, 0.4) is 0 Å². The topological polar surface area (TPSA) is 83.8 Å². The Morgan fingerprint density at radius 2 is 2.25 bits per heavy atom. The molecule has 0 fully saturated rings. The fourth-order valence-electron chi connectivity index (χ4n) is 1.97. The molecule has 0 aliphatic heterocycles. The minimum absolute atomic E-state index is 0.0875. The first kappa shape index (κ1) is 13.7. The zero-order valence-corrected chi connectivity index (χ0v) is 11.3. The van der Waals surface area contributed by atoms with Gasteiger partial charge in [-0.05, 0) is 42.8 Å². The maximum Gasteiger partial charge on any atom is 0.226 e. The van der Waals surface area contributed by atoms with Crippen LogP contribution in [-0.4, -0.2) is 10.5 Å². The fraction of sp³-hybridized carbons (Fsp3) is 0.200. The molecule has 0 bridgehead atoms. The van der Waals surface area contributed by atoms with Gasteiger partial charge in [0.2, 0.25) is 5.91 Å². The zero-order valence-electron chi connectivity index (χ0n) is 11.3. The Bertz CT molecular complexity index is 667. The number of hydrogen-bond acceptors (Lipinski definition) is 3. The van der Waals surface area contributed by atoms with Crippen molar-refractivity contribution in [3.05, 3.63) is 47.8 Å². The monoisotopic (exact) mass is 268 g/mol. The lowest BCUT2D eigenvalue weighted by Gasteiger charge is -2.09. The molecule has 5 heteroatoms. The number of aromatic nitrogens is 1. The summed E-state index contributed by atoms with van der Waals surface area (Å²) in [7, 11) is 0. The first-order valence-corrected chi connectivity index (χ1v) is 6.31. The van der Waals surface area contributed by atoms with Gasteiger partial charge in [0.25, 0.3) is 0 Å². The number of nitrogens with two attached hydrogens (primary N) is 1. The average Bonchev–Trinajstić information content (AvgIpc) is 2.87. The molecule has 0 aliphatic carbocycles. The van der Waals surface area contributed by atoms with Gasteiger partial charge in [-0.25, -0.2) is 0 Å². The number of anilines is 2. The molecular formula is C15H16N4O. The van der Waals surface area contributed by atoms with E-state index in [9.17, 15) is 4.79 Å². The molecule has 5 nitrogen and oxygen atoms in total. The molecule has 0 saturated heterocycles. The number of amides is 1. The standard InChI is InChI=1S/C15H16N4O/c1-11-9-12(17)4-5-14(11)18-15(20)6-8-19-7-2-3-13(19)10-16/h2-5,7,9H,6,8,17H2,1H3,(H,18,20). The van der Waals surface area contributed by atoms with Crippen molar-refractivity contribution < 1.29 is 4.79 Å². The number of benzene rings is 1. The number of aryl methyl sites for hydroxylation is 2. The number of nitriles is 1. The third-order valence-corrected chi connectivity index (χ3v) is 3.05. The van der Waals surface area contributed by atoms with E-state index in [-0.39, 0.29) is 5.91 Å². The van der Waals surface area contributed by atoms with Crippen LogP contribution in [0.25, 0.3) is 0 Å². The van der Waals surface area contributed by atoms with E-state index in [4.69, 9.17) is 11.0 Å². The highest BCUT2D eigenvalue weighted by Gasteiger charge is 2.06. The van der Waals surface area contributed by atoms with Gasteiger partial charge in [-0.3, -0.25) is 4.79 Å². The molecule has 0 aliphatic rings. The third kappa shape index (κ3) is 3.18. The van der Waals surface area contributed by atoms with Crippen molar-refractivity contribution in [2.45, 2.75) is 19.9 Å². The minimum atomic E-state index is -0.0875. The molecule has 3 N–H and O–H groups in total. The van der Waals surface area contributed by atoms with E-state index in [2.05, 4.69) is 11.4 Å². The van der Waals surface area contributed by atoms with Gasteiger partial charge in [0.05, 0.1) is 0 Å². The number of nitrogens with one attached hydrogen (secondary N) is 1. The lowest BCUT2D eigenvalue weighted by Crippen LogP contribution is -2.15. The maximum absolute atomic E-state index is 11.9. The molecule has 1 aromatic carbocycles. The normalized spacial score (nSPS) is 10.0. The van der Waals surface area contributed by atoms with Crippen molar-refractivity contribution in [2.24, 2.45) is 0 Å². The quantitative estimate of drug-likeness (QED) is 0.834. The van der Waals surface area contributed by atoms with Crippen molar-refractivity contribution in [1.29, 1.82) is 5.26 Å². The minimum Gasteiger partial charge on any atom is -0.399 e. The largest absolute Gasteiger partial charge is 0.399 e. The molecule has 0 radical (unpaired) electrons. The van der Waals surface area contributed by atoms with Crippen LogP contribution in [0.2, 0.25) is 0 Å². The SMILES string of the molecule is Cc1cc(N)ccc1NC(=O)CCn1cccc1C#N. The van der Waals surface area contributed by atoms with E-state index >= 15 is 0 Å².